The van der Waals surface area contributed by atoms with Crippen LogP contribution in [0, 0.1) is 19.7 Å². The molecule has 1 heterocycles. The number of nitrogens with zero attached hydrogens (tertiary/aromatic N) is 1. The Morgan fingerprint density at radius 1 is 1.29 bits per heavy atom. The molecule has 5 nitrogen and oxygen atoms in total. The van der Waals surface area contributed by atoms with Crippen molar-refractivity contribution in [2.24, 2.45) is 7.05 Å². The fraction of sp³-hybridized carbons (Fsp3) is 0.286. The lowest BCUT2D eigenvalue weighted by Gasteiger charge is -2.13. The van der Waals surface area contributed by atoms with Gasteiger partial charge in [0.15, 0.2) is 0 Å². The maximum atomic E-state index is 13.8. The van der Waals surface area contributed by atoms with Crippen molar-refractivity contribution >= 4 is 34.8 Å². The van der Waals surface area contributed by atoms with Gasteiger partial charge in [-0.25, -0.2) is 4.39 Å². The van der Waals surface area contributed by atoms with E-state index in [0.29, 0.717) is 35.0 Å². The summed E-state index contributed by atoms with van der Waals surface area (Å²) in [4.78, 5) is 12.8. The van der Waals surface area contributed by atoms with Crippen molar-refractivity contribution in [3.05, 3.63) is 65.4 Å². The molecule has 0 unspecified atom stereocenters. The zero-order chi connectivity index (χ0) is 21.0. The standard InChI is InChI=1S/C21H27FN4OS/c1-8-23-14(4)21(27)20-12(2)19(15(5)26(20)6)13(3)24-16-9-10-17(22)18(11-16)25-28-7/h9-11,23-25H,3-4,8H2,1-2,5-7H3. The van der Waals surface area contributed by atoms with Gasteiger partial charge in [-0.15, -0.1) is 0 Å². The first-order chi connectivity index (χ1) is 13.2. The summed E-state index contributed by atoms with van der Waals surface area (Å²) >= 11 is 1.32. The Balaban J connectivity index is 2.37. The van der Waals surface area contributed by atoms with E-state index in [4.69, 9.17) is 0 Å². The van der Waals surface area contributed by atoms with E-state index in [1.165, 1.54) is 18.0 Å². The van der Waals surface area contributed by atoms with Crippen molar-refractivity contribution in [3.63, 3.8) is 0 Å². The van der Waals surface area contributed by atoms with E-state index < -0.39 is 0 Å². The molecule has 1 aromatic heterocycles. The van der Waals surface area contributed by atoms with Crippen molar-refractivity contribution in [3.8, 4) is 0 Å². The average Bonchev–Trinajstić information content (AvgIpc) is 2.86. The van der Waals surface area contributed by atoms with Crippen LogP contribution in [0.25, 0.3) is 5.70 Å². The third kappa shape index (κ3) is 4.25. The molecule has 0 atom stereocenters. The number of anilines is 2. The van der Waals surface area contributed by atoms with Crippen LogP contribution < -0.4 is 15.4 Å². The van der Waals surface area contributed by atoms with Gasteiger partial charge in [0.25, 0.3) is 0 Å². The minimum absolute atomic E-state index is 0.141. The van der Waals surface area contributed by atoms with Gasteiger partial charge in [-0.1, -0.05) is 25.1 Å². The van der Waals surface area contributed by atoms with Crippen LogP contribution in [0.3, 0.4) is 0 Å². The highest BCUT2D eigenvalue weighted by atomic mass is 32.2. The number of hydrogen-bond acceptors (Lipinski definition) is 5. The molecule has 0 amide bonds. The van der Waals surface area contributed by atoms with E-state index in [2.05, 4.69) is 28.5 Å². The highest BCUT2D eigenvalue weighted by Gasteiger charge is 2.23. The maximum Gasteiger partial charge on any atom is 0.224 e. The van der Waals surface area contributed by atoms with Crippen molar-refractivity contribution < 1.29 is 9.18 Å². The summed E-state index contributed by atoms with van der Waals surface area (Å²) < 4.78 is 18.6. The molecule has 3 N–H and O–H groups in total. The first-order valence-corrected chi connectivity index (χ1v) is 10.1. The molecule has 0 fully saturated rings. The maximum absolute atomic E-state index is 13.8. The summed E-state index contributed by atoms with van der Waals surface area (Å²) in [6.07, 6.45) is 1.83. The molecule has 2 aromatic rings. The van der Waals surface area contributed by atoms with Crippen LogP contribution >= 0.6 is 11.9 Å². The predicted octanol–water partition coefficient (Wildman–Crippen LogP) is 4.86. The van der Waals surface area contributed by atoms with E-state index in [1.807, 2.05) is 38.6 Å². The van der Waals surface area contributed by atoms with Crippen molar-refractivity contribution in [1.82, 2.24) is 9.88 Å². The largest absolute Gasteiger partial charge is 0.383 e. The number of ketones is 1. The Morgan fingerprint density at radius 3 is 2.57 bits per heavy atom. The fourth-order valence-electron chi connectivity index (χ4n) is 3.21. The number of allylic oxidation sites excluding steroid dienone is 1. The number of benzene rings is 1. The second kappa shape index (κ2) is 9.01. The topological polar surface area (TPSA) is 58.1 Å². The molecule has 0 aliphatic carbocycles. The zero-order valence-electron chi connectivity index (χ0n) is 17.0. The van der Waals surface area contributed by atoms with Gasteiger partial charge in [-0.05, 0) is 44.5 Å². The normalized spacial score (nSPS) is 10.5. The number of carbonyl (C=O) groups excluding carboxylic acids is 1. The highest BCUT2D eigenvalue weighted by molar-refractivity contribution is 7.99. The van der Waals surface area contributed by atoms with Crippen LogP contribution in [0.15, 0.2) is 37.1 Å². The summed E-state index contributed by atoms with van der Waals surface area (Å²) in [6, 6.07) is 4.73. The van der Waals surface area contributed by atoms with Gasteiger partial charge >= 0.3 is 0 Å². The van der Waals surface area contributed by atoms with Gasteiger partial charge in [-0.3, -0.25) is 4.79 Å². The van der Waals surface area contributed by atoms with E-state index in [1.54, 1.807) is 12.1 Å². The van der Waals surface area contributed by atoms with E-state index in [0.717, 1.165) is 16.8 Å². The first kappa shape index (κ1) is 21.6. The SMILES string of the molecule is C=C(NCC)C(=O)c1c(C)c(C(=C)Nc2ccc(F)c(NSC)c2)c(C)n1C. The summed E-state index contributed by atoms with van der Waals surface area (Å²) in [5.74, 6) is -0.468. The second-order valence-electron chi connectivity index (χ2n) is 6.44. The summed E-state index contributed by atoms with van der Waals surface area (Å²) in [5.41, 5.74) is 5.27. The highest BCUT2D eigenvalue weighted by Crippen LogP contribution is 2.30. The van der Waals surface area contributed by atoms with Crippen LogP contribution in [0.1, 0.15) is 34.2 Å². The Hall–Kier alpha value is -2.67. The van der Waals surface area contributed by atoms with Crippen molar-refractivity contribution in [2.45, 2.75) is 20.8 Å². The number of halogens is 1. The van der Waals surface area contributed by atoms with Crippen LogP contribution in [0.2, 0.25) is 0 Å². The van der Waals surface area contributed by atoms with Gasteiger partial charge in [0.05, 0.1) is 17.1 Å². The lowest BCUT2D eigenvalue weighted by atomic mass is 10.0. The Kier molecular flexibility index (Phi) is 6.96. The van der Waals surface area contributed by atoms with E-state index in [-0.39, 0.29) is 11.6 Å². The third-order valence-corrected chi connectivity index (χ3v) is 5.01. The molecule has 2 rings (SSSR count). The quantitative estimate of drug-likeness (QED) is 0.318. The average molecular weight is 403 g/mol. The van der Waals surface area contributed by atoms with Gasteiger partial charge in [0, 0.05) is 42.5 Å². The molecule has 28 heavy (non-hydrogen) atoms. The molecular formula is C21H27FN4OS. The van der Waals surface area contributed by atoms with Gasteiger partial charge in [0.2, 0.25) is 5.78 Å². The van der Waals surface area contributed by atoms with E-state index >= 15 is 0 Å². The zero-order valence-corrected chi connectivity index (χ0v) is 17.8. The minimum Gasteiger partial charge on any atom is -0.383 e. The smallest absolute Gasteiger partial charge is 0.224 e. The number of aromatic nitrogens is 1. The molecule has 0 saturated heterocycles. The number of Topliss-reactive ketones (excluding diaryl/α,β-unsaturated/α-hetero) is 1. The second-order valence-corrected chi connectivity index (χ2v) is 7.05. The molecule has 0 aliphatic heterocycles. The number of carbonyl (C=O) groups is 1. The molecule has 0 saturated carbocycles. The predicted molar refractivity (Wildman–Crippen MR) is 118 cm³/mol. The molecule has 0 bridgehead atoms. The molecule has 0 spiro atoms. The molecule has 7 heteroatoms. The molecular weight excluding hydrogens is 375 g/mol. The lowest BCUT2D eigenvalue weighted by Crippen LogP contribution is -2.21. The monoisotopic (exact) mass is 402 g/mol. The molecule has 0 aliphatic rings. The Bertz CT molecular complexity index is 933. The van der Waals surface area contributed by atoms with E-state index in [9.17, 15) is 9.18 Å². The number of likely N-dealkylation sites (N-methyl/N-ethyl adjacent to an activating group) is 1. The Morgan fingerprint density at radius 2 is 1.96 bits per heavy atom. The van der Waals surface area contributed by atoms with Gasteiger partial charge in [-0.2, -0.15) is 0 Å². The summed E-state index contributed by atoms with van der Waals surface area (Å²) in [5, 5.41) is 6.21. The van der Waals surface area contributed by atoms with Crippen LogP contribution in [0.5, 0.6) is 0 Å². The number of hydrogen-bond donors (Lipinski definition) is 3. The molecule has 0 radical (unpaired) electrons. The minimum atomic E-state index is -0.326. The molecule has 150 valence electrons. The third-order valence-electron chi connectivity index (χ3n) is 4.59. The van der Waals surface area contributed by atoms with Crippen molar-refractivity contribution in [2.75, 3.05) is 22.8 Å². The molecule has 1 aromatic carbocycles. The van der Waals surface area contributed by atoms with Crippen LogP contribution in [0.4, 0.5) is 15.8 Å². The fourth-order valence-corrected chi connectivity index (χ4v) is 3.58. The first-order valence-electron chi connectivity index (χ1n) is 8.91. The lowest BCUT2D eigenvalue weighted by molar-refractivity contribution is 0.101. The summed E-state index contributed by atoms with van der Waals surface area (Å²) in [6.45, 7) is 14.4. The van der Waals surface area contributed by atoms with Gasteiger partial charge in [0.1, 0.15) is 5.82 Å². The number of rotatable bonds is 9. The Labute approximate surface area is 170 Å². The summed E-state index contributed by atoms with van der Waals surface area (Å²) in [7, 11) is 1.85. The van der Waals surface area contributed by atoms with Crippen LogP contribution in [-0.4, -0.2) is 23.2 Å². The van der Waals surface area contributed by atoms with Crippen LogP contribution in [-0.2, 0) is 7.05 Å². The number of nitrogens with one attached hydrogen (secondary N) is 3. The van der Waals surface area contributed by atoms with Crippen molar-refractivity contribution in [1.29, 1.82) is 0 Å². The van der Waals surface area contributed by atoms with Gasteiger partial charge < -0.3 is 19.9 Å².